The van der Waals surface area contributed by atoms with Crippen LogP contribution in [0.3, 0.4) is 0 Å². The molecule has 1 unspecified atom stereocenters. The van der Waals surface area contributed by atoms with Gasteiger partial charge in [-0.05, 0) is 45.1 Å². The minimum Gasteiger partial charge on any atom is -0.386 e. The highest BCUT2D eigenvalue weighted by molar-refractivity contribution is 14.0. The highest BCUT2D eigenvalue weighted by Gasteiger charge is 2.41. The predicted molar refractivity (Wildman–Crippen MR) is 112 cm³/mol. The molecule has 0 aromatic heterocycles. The van der Waals surface area contributed by atoms with Gasteiger partial charge in [-0.15, -0.1) is 24.0 Å². The zero-order chi connectivity index (χ0) is 19.2. The van der Waals surface area contributed by atoms with Gasteiger partial charge in [0.1, 0.15) is 0 Å². The zero-order valence-corrected chi connectivity index (χ0v) is 18.1. The van der Waals surface area contributed by atoms with Gasteiger partial charge in [0.2, 0.25) is 0 Å². The molecule has 2 rings (SSSR count). The number of nitrogens with one attached hydrogen (secondary N) is 2. The Morgan fingerprint density at radius 1 is 1.19 bits per heavy atom. The zero-order valence-electron chi connectivity index (χ0n) is 15.7. The highest BCUT2D eigenvalue weighted by atomic mass is 127. The number of aliphatic imine (C=N–C) groups is 1. The second-order valence-electron chi connectivity index (χ2n) is 6.88. The van der Waals surface area contributed by atoms with Gasteiger partial charge in [0.15, 0.2) is 5.96 Å². The third-order valence-electron chi connectivity index (χ3n) is 4.76. The molecule has 8 heteroatoms. The van der Waals surface area contributed by atoms with Crippen LogP contribution in [0.2, 0.25) is 0 Å². The SMILES string of the molecule is CCNC(=NCC(O)c1ccc(C)cc1)NC1CCC(C(F)(F)F)CC1.I. The smallest absolute Gasteiger partial charge is 0.386 e. The van der Waals surface area contributed by atoms with Gasteiger partial charge in [-0.3, -0.25) is 4.99 Å². The minimum atomic E-state index is -4.10. The molecule has 27 heavy (non-hydrogen) atoms. The fourth-order valence-electron chi connectivity index (χ4n) is 3.15. The Morgan fingerprint density at radius 2 is 1.78 bits per heavy atom. The Bertz CT molecular complexity index is 585. The van der Waals surface area contributed by atoms with E-state index in [2.05, 4.69) is 15.6 Å². The lowest BCUT2D eigenvalue weighted by atomic mass is 9.85. The number of guanidine groups is 1. The molecule has 0 saturated heterocycles. The Morgan fingerprint density at radius 3 is 2.30 bits per heavy atom. The van der Waals surface area contributed by atoms with Gasteiger partial charge in [-0.25, -0.2) is 0 Å². The lowest BCUT2D eigenvalue weighted by molar-refractivity contribution is -0.182. The predicted octanol–water partition coefficient (Wildman–Crippen LogP) is 4.32. The van der Waals surface area contributed by atoms with Crippen molar-refractivity contribution in [1.82, 2.24) is 10.6 Å². The Kier molecular flexibility index (Phi) is 9.86. The van der Waals surface area contributed by atoms with E-state index in [9.17, 15) is 18.3 Å². The molecular formula is C19H29F3IN3O. The van der Waals surface area contributed by atoms with Gasteiger partial charge in [-0.2, -0.15) is 13.2 Å². The van der Waals surface area contributed by atoms with Crippen molar-refractivity contribution in [3.63, 3.8) is 0 Å². The van der Waals surface area contributed by atoms with Gasteiger partial charge in [0, 0.05) is 12.6 Å². The van der Waals surface area contributed by atoms with Crippen LogP contribution in [-0.4, -0.2) is 36.4 Å². The standard InChI is InChI=1S/C19H28F3N3O.HI/c1-3-23-18(24-12-17(26)14-6-4-13(2)5-7-14)25-16-10-8-15(9-11-16)19(20,21)22;/h4-7,15-17,26H,3,8-12H2,1-2H3,(H2,23,24,25);1H. The number of hydrogen-bond donors (Lipinski definition) is 3. The molecule has 1 atom stereocenters. The first-order valence-electron chi connectivity index (χ1n) is 9.15. The van der Waals surface area contributed by atoms with Crippen molar-refractivity contribution < 1.29 is 18.3 Å². The molecule has 4 nitrogen and oxygen atoms in total. The van der Waals surface area contributed by atoms with E-state index < -0.39 is 18.2 Å². The van der Waals surface area contributed by atoms with Crippen LogP contribution in [0.15, 0.2) is 29.3 Å². The van der Waals surface area contributed by atoms with E-state index in [1.165, 1.54) is 0 Å². The number of aryl methyl sites for hydroxylation is 1. The van der Waals surface area contributed by atoms with E-state index in [1.54, 1.807) is 0 Å². The van der Waals surface area contributed by atoms with Crippen molar-refractivity contribution >= 4 is 29.9 Å². The second kappa shape index (κ2) is 11.1. The molecule has 1 aliphatic carbocycles. The summed E-state index contributed by atoms with van der Waals surface area (Å²) in [5.74, 6) is -0.655. The number of aliphatic hydroxyl groups excluding tert-OH is 1. The first-order valence-corrected chi connectivity index (χ1v) is 9.15. The third kappa shape index (κ3) is 7.85. The summed E-state index contributed by atoms with van der Waals surface area (Å²) in [7, 11) is 0. The third-order valence-corrected chi connectivity index (χ3v) is 4.76. The van der Waals surface area contributed by atoms with Crippen LogP contribution < -0.4 is 10.6 Å². The topological polar surface area (TPSA) is 56.7 Å². The van der Waals surface area contributed by atoms with Crippen molar-refractivity contribution in [2.24, 2.45) is 10.9 Å². The van der Waals surface area contributed by atoms with Gasteiger partial charge in [-0.1, -0.05) is 29.8 Å². The number of benzene rings is 1. The normalized spacial score (nSPS) is 21.9. The Balaban J connectivity index is 0.00000364. The number of aliphatic hydroxyl groups is 1. The molecule has 0 spiro atoms. The number of halogens is 4. The van der Waals surface area contributed by atoms with E-state index in [-0.39, 0.29) is 49.4 Å². The summed E-state index contributed by atoms with van der Waals surface area (Å²) in [6, 6.07) is 7.58. The number of nitrogens with zero attached hydrogens (tertiary/aromatic N) is 1. The summed E-state index contributed by atoms with van der Waals surface area (Å²) in [5, 5.41) is 16.6. The van der Waals surface area contributed by atoms with Crippen LogP contribution in [0.1, 0.15) is 49.8 Å². The van der Waals surface area contributed by atoms with Crippen LogP contribution in [0.4, 0.5) is 13.2 Å². The summed E-state index contributed by atoms with van der Waals surface area (Å²) in [4.78, 5) is 4.40. The van der Waals surface area contributed by atoms with E-state index in [0.717, 1.165) is 11.1 Å². The Hall–Kier alpha value is -1.03. The quantitative estimate of drug-likeness (QED) is 0.322. The molecule has 1 saturated carbocycles. The molecule has 1 aliphatic rings. The highest BCUT2D eigenvalue weighted by Crippen LogP contribution is 2.37. The van der Waals surface area contributed by atoms with Gasteiger partial charge < -0.3 is 15.7 Å². The van der Waals surface area contributed by atoms with E-state index in [4.69, 9.17) is 0 Å². The van der Waals surface area contributed by atoms with Crippen LogP contribution in [-0.2, 0) is 0 Å². The van der Waals surface area contributed by atoms with Gasteiger partial charge in [0.25, 0.3) is 0 Å². The number of rotatable bonds is 5. The van der Waals surface area contributed by atoms with Gasteiger partial charge in [0.05, 0.1) is 18.6 Å². The second-order valence-corrected chi connectivity index (χ2v) is 6.88. The van der Waals surface area contributed by atoms with Crippen molar-refractivity contribution in [2.45, 2.75) is 57.9 Å². The maximum absolute atomic E-state index is 12.8. The summed E-state index contributed by atoms with van der Waals surface area (Å²) in [6.45, 7) is 4.74. The fourth-order valence-corrected chi connectivity index (χ4v) is 3.15. The maximum Gasteiger partial charge on any atom is 0.391 e. The first kappa shape index (κ1) is 24.0. The maximum atomic E-state index is 12.8. The first-order chi connectivity index (χ1) is 12.3. The summed E-state index contributed by atoms with van der Waals surface area (Å²) in [6.07, 6.45) is -3.59. The number of hydrogen-bond acceptors (Lipinski definition) is 2. The van der Waals surface area contributed by atoms with Gasteiger partial charge >= 0.3 is 6.18 Å². The molecule has 0 amide bonds. The largest absolute Gasteiger partial charge is 0.391 e. The molecule has 1 aromatic rings. The lowest BCUT2D eigenvalue weighted by Gasteiger charge is -2.31. The van der Waals surface area contributed by atoms with Crippen LogP contribution >= 0.6 is 24.0 Å². The van der Waals surface area contributed by atoms with Crippen molar-refractivity contribution in [2.75, 3.05) is 13.1 Å². The monoisotopic (exact) mass is 499 g/mol. The molecule has 1 fully saturated rings. The minimum absolute atomic E-state index is 0. The van der Waals surface area contributed by atoms with Crippen molar-refractivity contribution in [3.05, 3.63) is 35.4 Å². The molecular weight excluding hydrogens is 470 g/mol. The average molecular weight is 499 g/mol. The van der Waals surface area contributed by atoms with Crippen molar-refractivity contribution in [3.8, 4) is 0 Å². The fraction of sp³-hybridized carbons (Fsp3) is 0.632. The van der Waals surface area contributed by atoms with Crippen LogP contribution in [0.25, 0.3) is 0 Å². The summed E-state index contributed by atoms with van der Waals surface area (Å²) in [5.41, 5.74) is 1.91. The molecule has 0 heterocycles. The summed E-state index contributed by atoms with van der Waals surface area (Å²) < 4.78 is 38.3. The van der Waals surface area contributed by atoms with E-state index >= 15 is 0 Å². The summed E-state index contributed by atoms with van der Waals surface area (Å²) >= 11 is 0. The molecule has 0 radical (unpaired) electrons. The van der Waals surface area contributed by atoms with E-state index in [1.807, 2.05) is 38.1 Å². The van der Waals surface area contributed by atoms with Crippen LogP contribution in [0.5, 0.6) is 0 Å². The molecule has 0 bridgehead atoms. The van der Waals surface area contributed by atoms with E-state index in [0.29, 0.717) is 25.3 Å². The molecule has 1 aromatic carbocycles. The molecule has 3 N–H and O–H groups in total. The van der Waals surface area contributed by atoms with Crippen LogP contribution in [0, 0.1) is 12.8 Å². The molecule has 154 valence electrons. The average Bonchev–Trinajstić information content (AvgIpc) is 2.60. The molecule has 0 aliphatic heterocycles. The lowest BCUT2D eigenvalue weighted by Crippen LogP contribution is -2.46. The number of alkyl halides is 3. The van der Waals surface area contributed by atoms with Crippen molar-refractivity contribution in [1.29, 1.82) is 0 Å². The Labute approximate surface area is 176 Å².